The molecule has 6 nitrogen and oxygen atoms in total. The molecule has 166 valence electrons. The summed E-state index contributed by atoms with van der Waals surface area (Å²) in [5.74, 6) is 1.93. The Balaban J connectivity index is 0.00000420. The highest BCUT2D eigenvalue weighted by Crippen LogP contribution is 2.26. The standard InChI is InChI=1S/C20H32F2N4O2.HI/c1-4-23-20(24-12-15-7-6-10-26(5-2)14-15)25-13-16-11-17(27-3)8-9-18(16)28-19(21)22;/h8-9,11,15,19H,4-7,10,12-14H2,1-3H3,(H2,23,24,25);1H. The van der Waals surface area contributed by atoms with Crippen LogP contribution in [0.5, 0.6) is 11.5 Å². The molecule has 0 aromatic heterocycles. The first-order chi connectivity index (χ1) is 13.5. The smallest absolute Gasteiger partial charge is 0.387 e. The molecule has 1 atom stereocenters. The highest BCUT2D eigenvalue weighted by molar-refractivity contribution is 14.0. The van der Waals surface area contributed by atoms with E-state index in [-0.39, 0.29) is 36.3 Å². The third-order valence-electron chi connectivity index (χ3n) is 4.84. The predicted molar refractivity (Wildman–Crippen MR) is 123 cm³/mol. The number of rotatable bonds is 9. The molecule has 0 bridgehead atoms. The Morgan fingerprint density at radius 2 is 2.10 bits per heavy atom. The molecule has 1 heterocycles. The summed E-state index contributed by atoms with van der Waals surface area (Å²) in [6.07, 6.45) is 2.41. The van der Waals surface area contributed by atoms with Crippen LogP contribution in [0.4, 0.5) is 8.78 Å². The molecule has 0 spiro atoms. The number of piperidine rings is 1. The zero-order chi connectivity index (χ0) is 20.4. The number of benzene rings is 1. The van der Waals surface area contributed by atoms with Crippen LogP contribution in [-0.2, 0) is 6.54 Å². The Morgan fingerprint density at radius 3 is 2.76 bits per heavy atom. The Bertz CT molecular complexity index is 634. The molecule has 9 heteroatoms. The number of halogens is 3. The van der Waals surface area contributed by atoms with Gasteiger partial charge >= 0.3 is 6.61 Å². The number of aliphatic imine (C=N–C) groups is 1. The third-order valence-corrected chi connectivity index (χ3v) is 4.84. The van der Waals surface area contributed by atoms with Crippen molar-refractivity contribution in [3.8, 4) is 11.5 Å². The molecule has 0 aliphatic carbocycles. The molecule has 2 N–H and O–H groups in total. The summed E-state index contributed by atoms with van der Waals surface area (Å²) >= 11 is 0. The predicted octanol–water partition coefficient (Wildman–Crippen LogP) is 3.70. The van der Waals surface area contributed by atoms with Crippen LogP contribution in [0, 0.1) is 5.92 Å². The summed E-state index contributed by atoms with van der Waals surface area (Å²) in [6, 6.07) is 4.75. The van der Waals surface area contributed by atoms with Crippen LogP contribution < -0.4 is 20.1 Å². The van der Waals surface area contributed by atoms with Gasteiger partial charge in [0.2, 0.25) is 0 Å². The number of nitrogens with zero attached hydrogens (tertiary/aromatic N) is 2. The van der Waals surface area contributed by atoms with E-state index in [1.165, 1.54) is 32.6 Å². The second kappa shape index (κ2) is 13.8. The van der Waals surface area contributed by atoms with E-state index in [0.29, 0.717) is 23.2 Å². The number of hydrogen-bond acceptors (Lipinski definition) is 4. The zero-order valence-electron chi connectivity index (χ0n) is 17.4. The number of alkyl halides is 2. The second-order valence-corrected chi connectivity index (χ2v) is 6.83. The maximum absolute atomic E-state index is 12.7. The minimum Gasteiger partial charge on any atom is -0.497 e. The lowest BCUT2D eigenvalue weighted by atomic mass is 9.98. The van der Waals surface area contributed by atoms with Crippen molar-refractivity contribution in [2.45, 2.75) is 39.8 Å². The van der Waals surface area contributed by atoms with Gasteiger partial charge in [-0.05, 0) is 57.0 Å². The van der Waals surface area contributed by atoms with Crippen molar-refractivity contribution in [2.75, 3.05) is 39.8 Å². The van der Waals surface area contributed by atoms with Crippen LogP contribution in [0.25, 0.3) is 0 Å². The van der Waals surface area contributed by atoms with Gasteiger partial charge < -0.3 is 25.0 Å². The molecule has 1 unspecified atom stereocenters. The van der Waals surface area contributed by atoms with E-state index in [9.17, 15) is 8.78 Å². The van der Waals surface area contributed by atoms with Gasteiger partial charge in [-0.2, -0.15) is 8.78 Å². The van der Waals surface area contributed by atoms with Gasteiger partial charge in [-0.25, -0.2) is 4.99 Å². The quantitative estimate of drug-likeness (QED) is 0.292. The molecule has 0 amide bonds. The third kappa shape index (κ3) is 8.90. The van der Waals surface area contributed by atoms with Crippen molar-refractivity contribution in [1.82, 2.24) is 15.5 Å². The van der Waals surface area contributed by atoms with E-state index in [1.54, 1.807) is 12.1 Å². The van der Waals surface area contributed by atoms with E-state index in [4.69, 9.17) is 4.74 Å². The maximum Gasteiger partial charge on any atom is 0.387 e. The normalized spacial score (nSPS) is 17.6. The van der Waals surface area contributed by atoms with Gasteiger partial charge in [-0.3, -0.25) is 0 Å². The Hall–Kier alpha value is -1.36. The average molecular weight is 526 g/mol. The lowest BCUT2D eigenvalue weighted by Gasteiger charge is -2.32. The van der Waals surface area contributed by atoms with E-state index in [1.807, 2.05) is 6.92 Å². The first-order valence-corrected chi connectivity index (χ1v) is 9.91. The summed E-state index contributed by atoms with van der Waals surface area (Å²) < 4.78 is 35.1. The molecule has 29 heavy (non-hydrogen) atoms. The van der Waals surface area contributed by atoms with Gasteiger partial charge in [0.05, 0.1) is 13.7 Å². The minimum atomic E-state index is -2.88. The zero-order valence-corrected chi connectivity index (χ0v) is 19.7. The average Bonchev–Trinajstić information content (AvgIpc) is 2.70. The summed E-state index contributed by atoms with van der Waals surface area (Å²) in [4.78, 5) is 7.01. The first-order valence-electron chi connectivity index (χ1n) is 9.91. The van der Waals surface area contributed by atoms with Crippen LogP contribution in [0.2, 0.25) is 0 Å². The van der Waals surface area contributed by atoms with Crippen LogP contribution >= 0.6 is 24.0 Å². The summed E-state index contributed by atoms with van der Waals surface area (Å²) in [6.45, 7) is 6.40. The van der Waals surface area contributed by atoms with Crippen LogP contribution in [0.1, 0.15) is 32.3 Å². The molecular weight excluding hydrogens is 493 g/mol. The fourth-order valence-electron chi connectivity index (χ4n) is 3.37. The van der Waals surface area contributed by atoms with Crippen molar-refractivity contribution in [3.63, 3.8) is 0 Å². The van der Waals surface area contributed by atoms with Crippen molar-refractivity contribution >= 4 is 29.9 Å². The summed E-state index contributed by atoms with van der Waals surface area (Å²) in [7, 11) is 1.53. The van der Waals surface area contributed by atoms with Gasteiger partial charge in [0.15, 0.2) is 5.96 Å². The highest BCUT2D eigenvalue weighted by Gasteiger charge is 2.19. The second-order valence-electron chi connectivity index (χ2n) is 6.83. The van der Waals surface area contributed by atoms with Gasteiger partial charge in [0.1, 0.15) is 11.5 Å². The molecular formula is C20H33F2IN4O2. The number of nitrogens with one attached hydrogen (secondary N) is 2. The summed E-state index contributed by atoms with van der Waals surface area (Å²) in [5, 5.41) is 6.60. The van der Waals surface area contributed by atoms with E-state index in [2.05, 4.69) is 32.2 Å². The number of hydrogen-bond donors (Lipinski definition) is 2. The molecule has 1 saturated heterocycles. The summed E-state index contributed by atoms with van der Waals surface area (Å²) in [5.41, 5.74) is 0.548. The molecule has 0 radical (unpaired) electrons. The van der Waals surface area contributed by atoms with Crippen molar-refractivity contribution in [3.05, 3.63) is 23.8 Å². The topological polar surface area (TPSA) is 58.1 Å². The molecule has 1 fully saturated rings. The van der Waals surface area contributed by atoms with Crippen molar-refractivity contribution in [1.29, 1.82) is 0 Å². The van der Waals surface area contributed by atoms with Gasteiger partial charge in [0.25, 0.3) is 0 Å². The maximum atomic E-state index is 12.7. The van der Waals surface area contributed by atoms with Crippen molar-refractivity contribution < 1.29 is 18.3 Å². The fraction of sp³-hybridized carbons (Fsp3) is 0.650. The Morgan fingerprint density at radius 1 is 1.31 bits per heavy atom. The molecule has 1 aromatic carbocycles. The Kier molecular flexibility index (Phi) is 12.2. The SMILES string of the molecule is CCNC(=NCc1cc(OC)ccc1OC(F)F)NCC1CCCN(CC)C1.I. The largest absolute Gasteiger partial charge is 0.497 e. The number of guanidine groups is 1. The van der Waals surface area contributed by atoms with Gasteiger partial charge in [-0.15, -0.1) is 24.0 Å². The van der Waals surface area contributed by atoms with Crippen LogP contribution in [0.15, 0.2) is 23.2 Å². The minimum absolute atomic E-state index is 0. The van der Waals surface area contributed by atoms with E-state index in [0.717, 1.165) is 26.2 Å². The number of likely N-dealkylation sites (tertiary alicyclic amines) is 1. The van der Waals surface area contributed by atoms with Crippen LogP contribution in [-0.4, -0.2) is 57.3 Å². The van der Waals surface area contributed by atoms with E-state index < -0.39 is 6.61 Å². The van der Waals surface area contributed by atoms with Crippen LogP contribution in [0.3, 0.4) is 0 Å². The number of ether oxygens (including phenoxy) is 2. The van der Waals surface area contributed by atoms with E-state index >= 15 is 0 Å². The lowest BCUT2D eigenvalue weighted by molar-refractivity contribution is -0.0504. The molecule has 1 aliphatic rings. The molecule has 0 saturated carbocycles. The Labute approximate surface area is 189 Å². The monoisotopic (exact) mass is 526 g/mol. The van der Waals surface area contributed by atoms with Gasteiger partial charge in [0, 0.05) is 25.2 Å². The molecule has 2 rings (SSSR count). The van der Waals surface area contributed by atoms with Gasteiger partial charge in [-0.1, -0.05) is 6.92 Å². The first kappa shape index (κ1) is 25.7. The lowest BCUT2D eigenvalue weighted by Crippen LogP contribution is -2.44. The fourth-order valence-corrected chi connectivity index (χ4v) is 3.37. The number of methoxy groups -OCH3 is 1. The molecule has 1 aromatic rings. The highest BCUT2D eigenvalue weighted by atomic mass is 127. The van der Waals surface area contributed by atoms with Crippen molar-refractivity contribution in [2.24, 2.45) is 10.9 Å². The molecule has 1 aliphatic heterocycles.